The van der Waals surface area contributed by atoms with Gasteiger partial charge in [-0.2, -0.15) is 0 Å². The van der Waals surface area contributed by atoms with Gasteiger partial charge in [-0.25, -0.2) is 24.3 Å². The van der Waals surface area contributed by atoms with Gasteiger partial charge in [-0.15, -0.1) is 0 Å². The lowest BCUT2D eigenvalue weighted by Gasteiger charge is -2.38. The summed E-state index contributed by atoms with van der Waals surface area (Å²) in [5.41, 5.74) is 5.90. The topological polar surface area (TPSA) is 75.0 Å². The van der Waals surface area contributed by atoms with E-state index in [2.05, 4.69) is 63.4 Å². The molecule has 0 amide bonds. The number of aromatic nitrogens is 5. The Balaban J connectivity index is 1.40. The zero-order valence-corrected chi connectivity index (χ0v) is 23.4. The lowest BCUT2D eigenvalue weighted by Crippen LogP contribution is -2.49. The van der Waals surface area contributed by atoms with Gasteiger partial charge < -0.3 is 14.8 Å². The van der Waals surface area contributed by atoms with Crippen LogP contribution in [0.25, 0.3) is 22.3 Å². The smallest absolute Gasteiger partial charge is 0.229 e. The van der Waals surface area contributed by atoms with E-state index in [9.17, 15) is 4.39 Å². The molecule has 1 fully saturated rings. The molecule has 0 radical (unpaired) electrons. The number of halogens is 1. The lowest BCUT2D eigenvalue weighted by atomic mass is 10.1. The molecule has 8 nitrogen and oxygen atoms in total. The highest BCUT2D eigenvalue weighted by Gasteiger charge is 2.21. The van der Waals surface area contributed by atoms with Crippen molar-refractivity contribution >= 4 is 28.5 Å². The predicted octanol–water partition coefficient (Wildman–Crippen LogP) is 5.81. The van der Waals surface area contributed by atoms with Gasteiger partial charge >= 0.3 is 0 Å². The van der Waals surface area contributed by atoms with Crippen molar-refractivity contribution in [3.05, 3.63) is 53.4 Å². The molecule has 1 saturated heterocycles. The quantitative estimate of drug-likeness (QED) is 0.347. The van der Waals surface area contributed by atoms with E-state index in [-0.39, 0.29) is 11.7 Å². The molecule has 200 valence electrons. The molecule has 3 aromatic heterocycles. The number of imidazole rings is 1. The minimum atomic E-state index is -0.471. The molecule has 0 aliphatic carbocycles. The van der Waals surface area contributed by atoms with Crippen LogP contribution in [-0.4, -0.2) is 61.6 Å². The fraction of sp³-hybridized carbons (Fsp3) is 0.448. The molecule has 0 unspecified atom stereocenters. The van der Waals surface area contributed by atoms with E-state index in [0.717, 1.165) is 60.0 Å². The number of piperazine rings is 1. The number of anilines is 3. The predicted molar refractivity (Wildman–Crippen MR) is 152 cm³/mol. The summed E-state index contributed by atoms with van der Waals surface area (Å²) >= 11 is 0. The molecule has 0 saturated carbocycles. The second-order valence-corrected chi connectivity index (χ2v) is 10.7. The molecule has 9 heteroatoms. The third-order valence-electron chi connectivity index (χ3n) is 7.38. The first kappa shape index (κ1) is 26.0. The van der Waals surface area contributed by atoms with E-state index < -0.39 is 5.82 Å². The number of benzene rings is 1. The van der Waals surface area contributed by atoms with Crippen LogP contribution >= 0.6 is 0 Å². The van der Waals surface area contributed by atoms with E-state index in [1.54, 1.807) is 0 Å². The molecular weight excluding hydrogens is 479 g/mol. The van der Waals surface area contributed by atoms with Crippen molar-refractivity contribution in [1.29, 1.82) is 0 Å². The van der Waals surface area contributed by atoms with Gasteiger partial charge in [-0.1, -0.05) is 0 Å². The van der Waals surface area contributed by atoms with Crippen molar-refractivity contribution in [2.24, 2.45) is 0 Å². The Kier molecular flexibility index (Phi) is 7.05. The number of rotatable bonds is 6. The molecule has 4 aromatic rings. The molecule has 4 heterocycles. The van der Waals surface area contributed by atoms with Gasteiger partial charge in [0.25, 0.3) is 0 Å². The van der Waals surface area contributed by atoms with E-state index in [1.165, 1.54) is 6.20 Å². The molecule has 1 N–H and O–H groups in total. The van der Waals surface area contributed by atoms with Crippen molar-refractivity contribution in [2.75, 3.05) is 36.4 Å². The molecule has 1 aliphatic rings. The highest BCUT2D eigenvalue weighted by molar-refractivity contribution is 5.85. The van der Waals surface area contributed by atoms with Gasteiger partial charge in [-0.05, 0) is 78.3 Å². The summed E-state index contributed by atoms with van der Waals surface area (Å²) < 4.78 is 17.2. The summed E-state index contributed by atoms with van der Waals surface area (Å²) in [5, 5.41) is 3.18. The minimum absolute atomic E-state index is 0.235. The number of nitrogens with one attached hydrogen (secondary N) is 1. The van der Waals surface area contributed by atoms with Crippen molar-refractivity contribution in [1.82, 2.24) is 29.4 Å². The Morgan fingerprint density at radius 2 is 1.63 bits per heavy atom. The fourth-order valence-electron chi connectivity index (χ4n) is 5.45. The van der Waals surface area contributed by atoms with Gasteiger partial charge in [-0.3, -0.25) is 4.90 Å². The highest BCUT2D eigenvalue weighted by atomic mass is 19.1. The first-order valence-corrected chi connectivity index (χ1v) is 13.4. The maximum absolute atomic E-state index is 15.0. The van der Waals surface area contributed by atoms with Gasteiger partial charge in [0, 0.05) is 43.8 Å². The van der Waals surface area contributed by atoms with E-state index >= 15 is 0 Å². The largest absolute Gasteiger partial charge is 0.368 e. The van der Waals surface area contributed by atoms with Crippen LogP contribution in [-0.2, 0) is 0 Å². The maximum atomic E-state index is 15.0. The van der Waals surface area contributed by atoms with Crippen molar-refractivity contribution in [3.63, 3.8) is 0 Å². The number of hydrogen-bond donors (Lipinski definition) is 1. The van der Waals surface area contributed by atoms with Crippen LogP contribution in [0.4, 0.5) is 21.8 Å². The van der Waals surface area contributed by atoms with E-state index in [4.69, 9.17) is 9.97 Å². The summed E-state index contributed by atoms with van der Waals surface area (Å²) in [7, 11) is 0. The molecule has 5 rings (SSSR count). The third-order valence-corrected chi connectivity index (χ3v) is 7.38. The van der Waals surface area contributed by atoms with Crippen LogP contribution < -0.4 is 10.2 Å². The molecule has 0 bridgehead atoms. The second-order valence-electron chi connectivity index (χ2n) is 10.7. The summed E-state index contributed by atoms with van der Waals surface area (Å²) in [6, 6.07) is 8.73. The summed E-state index contributed by atoms with van der Waals surface area (Å²) in [5.74, 6) is 1.40. The summed E-state index contributed by atoms with van der Waals surface area (Å²) in [6.07, 6.45) is 1.21. The van der Waals surface area contributed by atoms with E-state index in [1.807, 2.05) is 39.0 Å². The monoisotopic (exact) mass is 516 g/mol. The molecule has 0 atom stereocenters. The van der Waals surface area contributed by atoms with Crippen LogP contribution in [0.5, 0.6) is 0 Å². The standard InChI is InChI=1S/C29H37FN8/c1-17(2)36-10-12-37(13-11-36)24-8-9-26(32-20(24)6)34-29-31-16-23(30)28(35-29)22-14-19(5)27-25(15-22)38(18(3)4)21(7)33-27/h8-9,14-18H,10-13H2,1-7H3,(H,31,32,34,35). The van der Waals surface area contributed by atoms with Crippen LogP contribution in [0, 0.1) is 26.6 Å². The number of pyridine rings is 1. The van der Waals surface area contributed by atoms with Crippen LogP contribution in [0.1, 0.15) is 50.8 Å². The first-order chi connectivity index (χ1) is 18.1. The molecule has 1 aromatic carbocycles. The highest BCUT2D eigenvalue weighted by Crippen LogP contribution is 2.31. The Hall–Kier alpha value is -3.59. The Bertz CT molecular complexity index is 1470. The summed E-state index contributed by atoms with van der Waals surface area (Å²) in [6.45, 7) is 18.8. The van der Waals surface area contributed by atoms with Crippen LogP contribution in [0.2, 0.25) is 0 Å². The Morgan fingerprint density at radius 3 is 2.29 bits per heavy atom. The Labute approximate surface area is 223 Å². The van der Waals surface area contributed by atoms with Gasteiger partial charge in [0.15, 0.2) is 5.82 Å². The molecular formula is C29H37FN8. The minimum Gasteiger partial charge on any atom is -0.368 e. The fourth-order valence-corrected chi connectivity index (χ4v) is 5.45. The van der Waals surface area contributed by atoms with Crippen molar-refractivity contribution < 1.29 is 4.39 Å². The zero-order valence-electron chi connectivity index (χ0n) is 23.4. The SMILES string of the molecule is Cc1nc(Nc2ncc(F)c(-c3cc(C)c4nc(C)n(C(C)C)c4c3)n2)ccc1N1CCN(C(C)C)CC1. The van der Waals surface area contributed by atoms with Crippen LogP contribution in [0.15, 0.2) is 30.5 Å². The number of nitrogens with zero attached hydrogens (tertiary/aromatic N) is 7. The van der Waals surface area contributed by atoms with E-state index in [0.29, 0.717) is 23.4 Å². The van der Waals surface area contributed by atoms with Crippen molar-refractivity contribution in [3.8, 4) is 11.3 Å². The lowest BCUT2D eigenvalue weighted by molar-refractivity contribution is 0.209. The summed E-state index contributed by atoms with van der Waals surface area (Å²) in [4.78, 5) is 23.1. The average molecular weight is 517 g/mol. The third kappa shape index (κ3) is 4.95. The normalized spacial score (nSPS) is 14.7. The average Bonchev–Trinajstić information content (AvgIpc) is 3.22. The van der Waals surface area contributed by atoms with Gasteiger partial charge in [0.2, 0.25) is 5.95 Å². The zero-order chi connectivity index (χ0) is 27.1. The number of aryl methyl sites for hydroxylation is 3. The first-order valence-electron chi connectivity index (χ1n) is 13.4. The maximum Gasteiger partial charge on any atom is 0.229 e. The Morgan fingerprint density at radius 1 is 0.895 bits per heavy atom. The van der Waals surface area contributed by atoms with Crippen LogP contribution in [0.3, 0.4) is 0 Å². The van der Waals surface area contributed by atoms with Crippen molar-refractivity contribution in [2.45, 2.75) is 60.5 Å². The molecule has 38 heavy (non-hydrogen) atoms. The van der Waals surface area contributed by atoms with Gasteiger partial charge in [0.05, 0.1) is 28.6 Å². The molecule has 1 aliphatic heterocycles. The number of fused-ring (bicyclic) bond motifs is 1. The van der Waals surface area contributed by atoms with Gasteiger partial charge in [0.1, 0.15) is 17.3 Å². The molecule has 0 spiro atoms. The number of hydrogen-bond acceptors (Lipinski definition) is 7. The second kappa shape index (κ2) is 10.3.